The third kappa shape index (κ3) is 4.07. The number of hydrogen-bond acceptors (Lipinski definition) is 5. The number of allylic oxidation sites excluding steroid dienone is 1. The molecule has 158 valence electrons. The summed E-state index contributed by atoms with van der Waals surface area (Å²) in [6.45, 7) is 6.42. The van der Waals surface area contributed by atoms with Gasteiger partial charge in [-0.3, -0.25) is 14.5 Å². The van der Waals surface area contributed by atoms with Crippen LogP contribution in [0.2, 0.25) is 0 Å². The molecule has 0 spiro atoms. The van der Waals surface area contributed by atoms with E-state index in [1.165, 1.54) is 22.6 Å². The van der Waals surface area contributed by atoms with Gasteiger partial charge in [0.2, 0.25) is 0 Å². The molecule has 2 aliphatic heterocycles. The number of benzene rings is 1. The van der Waals surface area contributed by atoms with Crippen molar-refractivity contribution in [3.63, 3.8) is 0 Å². The highest BCUT2D eigenvalue weighted by Crippen LogP contribution is 2.46. The molecule has 1 aromatic heterocycles. The molecule has 1 fully saturated rings. The first-order valence-electron chi connectivity index (χ1n) is 10.5. The van der Waals surface area contributed by atoms with Gasteiger partial charge >= 0.3 is 0 Å². The van der Waals surface area contributed by atoms with Crippen LogP contribution in [0.15, 0.2) is 52.9 Å². The molecule has 0 radical (unpaired) electrons. The van der Waals surface area contributed by atoms with Crippen LogP contribution in [-0.2, 0) is 10.2 Å². The Balaban J connectivity index is 1.33. The first-order valence-corrected chi connectivity index (χ1v) is 11.4. The lowest BCUT2D eigenvalue weighted by Gasteiger charge is -2.32. The number of carbonyl (C=O) groups excluding carboxylic acids is 2. The Bertz CT molecular complexity index is 957. The summed E-state index contributed by atoms with van der Waals surface area (Å²) in [4.78, 5) is 29.4. The number of hydrogen-bond donors (Lipinski definition) is 1. The van der Waals surface area contributed by atoms with Crippen LogP contribution in [0.1, 0.15) is 42.6 Å². The third-order valence-corrected chi connectivity index (χ3v) is 7.01. The van der Waals surface area contributed by atoms with Crippen LogP contribution < -0.4 is 10.2 Å². The number of carbonyl (C=O) groups is 2. The summed E-state index contributed by atoms with van der Waals surface area (Å²) < 4.78 is 0. The number of nitrogens with one attached hydrogen (secondary N) is 1. The Morgan fingerprint density at radius 1 is 1.20 bits per heavy atom. The third-order valence-electron chi connectivity index (χ3n) is 6.32. The van der Waals surface area contributed by atoms with Gasteiger partial charge in [-0.1, -0.05) is 32.0 Å². The molecule has 3 heterocycles. The van der Waals surface area contributed by atoms with Crippen molar-refractivity contribution in [2.45, 2.75) is 38.1 Å². The molecule has 0 unspecified atom stereocenters. The molecule has 6 heteroatoms. The molecule has 4 rings (SSSR count). The number of fused-ring (bicyclic) bond motifs is 1. The van der Waals surface area contributed by atoms with Crippen molar-refractivity contribution in [2.24, 2.45) is 0 Å². The summed E-state index contributed by atoms with van der Waals surface area (Å²) in [6, 6.07) is 10.4. The van der Waals surface area contributed by atoms with Crippen LogP contribution in [0, 0.1) is 0 Å². The number of rotatable bonds is 5. The van der Waals surface area contributed by atoms with Crippen molar-refractivity contribution in [2.75, 3.05) is 31.6 Å². The fourth-order valence-corrected chi connectivity index (χ4v) is 5.21. The van der Waals surface area contributed by atoms with Crippen molar-refractivity contribution < 1.29 is 9.59 Å². The van der Waals surface area contributed by atoms with Gasteiger partial charge in [-0.05, 0) is 35.9 Å². The van der Waals surface area contributed by atoms with E-state index in [1.807, 2.05) is 36.0 Å². The summed E-state index contributed by atoms with van der Waals surface area (Å²) in [5.41, 5.74) is 4.03. The molecule has 0 bridgehead atoms. The average Bonchev–Trinajstić information content (AvgIpc) is 3.33. The number of nitrogens with zero attached hydrogens (tertiary/aromatic N) is 2. The number of likely N-dealkylation sites (tertiary alicyclic amines) is 1. The van der Waals surface area contributed by atoms with Crippen molar-refractivity contribution >= 4 is 28.7 Å². The molecule has 30 heavy (non-hydrogen) atoms. The Morgan fingerprint density at radius 3 is 2.60 bits per heavy atom. The lowest BCUT2D eigenvalue weighted by molar-refractivity contribution is -0.116. The molecule has 1 saturated heterocycles. The fraction of sp³-hybridized carbons (Fsp3) is 0.417. The van der Waals surface area contributed by atoms with Gasteiger partial charge in [0.1, 0.15) is 0 Å². The molecule has 0 atom stereocenters. The molecule has 5 nitrogen and oxygen atoms in total. The summed E-state index contributed by atoms with van der Waals surface area (Å²) in [6.07, 6.45) is 3.57. The second-order valence-electron chi connectivity index (χ2n) is 8.73. The van der Waals surface area contributed by atoms with Crippen LogP contribution in [0.5, 0.6) is 0 Å². The molecular formula is C24H29N3O2S. The zero-order valence-corrected chi connectivity index (χ0v) is 18.7. The zero-order valence-electron chi connectivity index (χ0n) is 17.9. The summed E-state index contributed by atoms with van der Waals surface area (Å²) in [7, 11) is 2.04. The number of piperidine rings is 1. The van der Waals surface area contributed by atoms with Gasteiger partial charge in [-0.25, -0.2) is 0 Å². The largest absolute Gasteiger partial charge is 0.349 e. The minimum atomic E-state index is -0.181. The number of likely N-dealkylation sites (N-methyl/N-ethyl adjacent to an activating group) is 1. The lowest BCUT2D eigenvalue weighted by atomic mass is 9.83. The van der Waals surface area contributed by atoms with E-state index in [9.17, 15) is 9.59 Å². The molecule has 1 amide bonds. The standard InChI is InChI=1S/C24H29N3O2S/c1-24(2)20-6-4-5-7-21(20)26(3)22(24)14-19(28)15-27-11-8-18(9-12-27)25-23(29)17-10-13-30-16-17/h4-7,10,13-14,16,18H,8-9,11-12,15H2,1-3H3,(H,25,29). The highest BCUT2D eigenvalue weighted by atomic mass is 32.1. The quantitative estimate of drug-likeness (QED) is 0.743. The first kappa shape index (κ1) is 20.8. The van der Waals surface area contributed by atoms with E-state index in [2.05, 4.69) is 47.2 Å². The molecule has 1 aromatic carbocycles. The molecular weight excluding hydrogens is 394 g/mol. The van der Waals surface area contributed by atoms with Gasteiger partial charge < -0.3 is 10.2 Å². The molecule has 0 aliphatic carbocycles. The highest BCUT2D eigenvalue weighted by molar-refractivity contribution is 7.08. The SMILES string of the molecule is CN1C(=CC(=O)CN2CCC(NC(=O)c3ccsc3)CC2)C(C)(C)c2ccccc21. The van der Waals surface area contributed by atoms with Gasteiger partial charge in [-0.15, -0.1) is 0 Å². The van der Waals surface area contributed by atoms with Crippen LogP contribution in [0.25, 0.3) is 0 Å². The van der Waals surface area contributed by atoms with Crippen LogP contribution >= 0.6 is 11.3 Å². The van der Waals surface area contributed by atoms with Crippen molar-refractivity contribution in [1.29, 1.82) is 0 Å². The van der Waals surface area contributed by atoms with Crippen molar-refractivity contribution in [3.05, 3.63) is 64.0 Å². The van der Waals surface area contributed by atoms with Gasteiger partial charge in [-0.2, -0.15) is 11.3 Å². The van der Waals surface area contributed by atoms with E-state index in [-0.39, 0.29) is 23.1 Å². The Hall–Kier alpha value is -2.44. The minimum absolute atomic E-state index is 0.00146. The fourth-order valence-electron chi connectivity index (χ4n) is 4.58. The maximum Gasteiger partial charge on any atom is 0.252 e. The molecule has 2 aliphatic rings. The van der Waals surface area contributed by atoms with E-state index in [4.69, 9.17) is 0 Å². The van der Waals surface area contributed by atoms with E-state index >= 15 is 0 Å². The predicted octanol–water partition coefficient (Wildman–Crippen LogP) is 3.82. The second kappa shape index (κ2) is 8.36. The number of anilines is 1. The monoisotopic (exact) mass is 423 g/mol. The highest BCUT2D eigenvalue weighted by Gasteiger charge is 2.38. The topological polar surface area (TPSA) is 52.7 Å². The first-order chi connectivity index (χ1) is 14.4. The minimum Gasteiger partial charge on any atom is -0.349 e. The zero-order chi connectivity index (χ0) is 21.3. The number of amides is 1. The van der Waals surface area contributed by atoms with Gasteiger partial charge in [0, 0.05) is 60.0 Å². The number of ketones is 1. The molecule has 0 saturated carbocycles. The average molecular weight is 424 g/mol. The van der Waals surface area contributed by atoms with Crippen molar-refractivity contribution in [3.8, 4) is 0 Å². The van der Waals surface area contributed by atoms with Gasteiger partial charge in [0.15, 0.2) is 5.78 Å². The number of para-hydroxylation sites is 1. The van der Waals surface area contributed by atoms with Crippen molar-refractivity contribution in [1.82, 2.24) is 10.2 Å². The van der Waals surface area contributed by atoms with Crippen LogP contribution in [0.4, 0.5) is 5.69 Å². The summed E-state index contributed by atoms with van der Waals surface area (Å²) in [5.74, 6) is 0.139. The normalized spacial score (nSPS) is 20.4. The van der Waals surface area contributed by atoms with Gasteiger partial charge in [0.25, 0.3) is 5.91 Å². The van der Waals surface area contributed by atoms with Crippen LogP contribution in [-0.4, -0.2) is 49.3 Å². The Kier molecular flexibility index (Phi) is 5.80. The Morgan fingerprint density at radius 2 is 1.93 bits per heavy atom. The van der Waals surface area contributed by atoms with Crippen LogP contribution in [0.3, 0.4) is 0 Å². The van der Waals surface area contributed by atoms with E-state index < -0.39 is 0 Å². The molecule has 1 N–H and O–H groups in total. The maximum atomic E-state index is 12.9. The van der Waals surface area contributed by atoms with E-state index in [0.717, 1.165) is 37.2 Å². The predicted molar refractivity (Wildman–Crippen MR) is 122 cm³/mol. The maximum absolute atomic E-state index is 12.9. The van der Waals surface area contributed by atoms with E-state index in [1.54, 1.807) is 0 Å². The van der Waals surface area contributed by atoms with E-state index in [0.29, 0.717) is 6.54 Å². The molecule has 2 aromatic rings. The number of thiophene rings is 1. The second-order valence-corrected chi connectivity index (χ2v) is 9.51. The smallest absolute Gasteiger partial charge is 0.252 e. The Labute approximate surface area is 182 Å². The summed E-state index contributed by atoms with van der Waals surface area (Å²) in [5, 5.41) is 6.91. The lowest BCUT2D eigenvalue weighted by Crippen LogP contribution is -2.45. The summed E-state index contributed by atoms with van der Waals surface area (Å²) >= 11 is 1.53. The van der Waals surface area contributed by atoms with Gasteiger partial charge in [0.05, 0.1) is 6.54 Å².